The van der Waals surface area contributed by atoms with Crippen LogP contribution in [0.3, 0.4) is 0 Å². The summed E-state index contributed by atoms with van der Waals surface area (Å²) < 4.78 is 0. The van der Waals surface area contributed by atoms with Gasteiger partial charge in [-0.15, -0.1) is 0 Å². The highest BCUT2D eigenvalue weighted by Gasteiger charge is 2.50. The van der Waals surface area contributed by atoms with Crippen LogP contribution < -0.4 is 0 Å². The second-order valence-corrected chi connectivity index (χ2v) is 7.83. The second-order valence-electron chi connectivity index (χ2n) is 7.83. The molecule has 0 unspecified atom stereocenters. The molecule has 6 heteroatoms. The van der Waals surface area contributed by atoms with Gasteiger partial charge in [-0.25, -0.2) is 4.79 Å². The highest BCUT2D eigenvalue weighted by Crippen LogP contribution is 2.31. The molecule has 6 nitrogen and oxygen atoms in total. The van der Waals surface area contributed by atoms with Crippen molar-refractivity contribution in [2.45, 2.75) is 76.4 Å². The summed E-state index contributed by atoms with van der Waals surface area (Å²) in [5, 5.41) is 9.92. The van der Waals surface area contributed by atoms with Gasteiger partial charge in [-0.05, 0) is 37.7 Å². The van der Waals surface area contributed by atoms with E-state index < -0.39 is 24.1 Å². The Labute approximate surface area is 166 Å². The zero-order chi connectivity index (χ0) is 20.1. The smallest absolute Gasteiger partial charge is 0.326 e. The Balaban J connectivity index is 1.83. The van der Waals surface area contributed by atoms with Crippen molar-refractivity contribution in [3.8, 4) is 0 Å². The highest BCUT2D eigenvalue weighted by atomic mass is 16.4. The quantitative estimate of drug-likeness (QED) is 0.662. The minimum absolute atomic E-state index is 0.0656. The lowest BCUT2D eigenvalue weighted by Crippen LogP contribution is -2.66. The molecule has 1 aromatic carbocycles. The Kier molecular flexibility index (Phi) is 6.70. The van der Waals surface area contributed by atoms with Crippen molar-refractivity contribution in [2.24, 2.45) is 0 Å². The number of carboxylic acids is 1. The van der Waals surface area contributed by atoms with Crippen LogP contribution in [0.25, 0.3) is 0 Å². The largest absolute Gasteiger partial charge is 0.480 e. The van der Waals surface area contributed by atoms with Gasteiger partial charge < -0.3 is 14.9 Å². The fourth-order valence-electron chi connectivity index (χ4n) is 4.47. The fourth-order valence-corrected chi connectivity index (χ4v) is 4.47. The third-order valence-corrected chi connectivity index (χ3v) is 5.95. The summed E-state index contributed by atoms with van der Waals surface area (Å²) in [7, 11) is 0. The summed E-state index contributed by atoms with van der Waals surface area (Å²) in [6, 6.07) is 7.59. The van der Waals surface area contributed by atoms with Crippen LogP contribution in [0.5, 0.6) is 0 Å². The van der Waals surface area contributed by atoms with Crippen LogP contribution in [0.1, 0.15) is 57.4 Å². The molecule has 0 spiro atoms. The van der Waals surface area contributed by atoms with Crippen LogP contribution in [-0.4, -0.2) is 57.4 Å². The van der Waals surface area contributed by atoms with E-state index in [0.717, 1.165) is 31.2 Å². The average Bonchev–Trinajstić information content (AvgIpc) is 3.18. The number of piperazine rings is 1. The maximum absolute atomic E-state index is 13.2. The fraction of sp³-hybridized carbons (Fsp3) is 0.591. The zero-order valence-corrected chi connectivity index (χ0v) is 16.5. The van der Waals surface area contributed by atoms with E-state index in [4.69, 9.17) is 0 Å². The van der Waals surface area contributed by atoms with E-state index >= 15 is 0 Å². The molecule has 28 heavy (non-hydrogen) atoms. The van der Waals surface area contributed by atoms with Gasteiger partial charge in [-0.2, -0.15) is 0 Å². The molecule has 2 amide bonds. The Hall–Kier alpha value is -2.37. The van der Waals surface area contributed by atoms with Crippen LogP contribution in [0.2, 0.25) is 0 Å². The standard InChI is InChI=1S/C22H30N2O4/c1-2-3-5-11-18-20(25)23-15-8-12-17(23)21(26)24(18)19(22(27)28)14-13-16-9-6-4-7-10-16/h4,6-7,9-10,17-19H,2-3,5,8,11-15H2,1H3,(H,27,28)/t17-,18-,19-/m0/s1. The van der Waals surface area contributed by atoms with Crippen LogP contribution in [-0.2, 0) is 20.8 Å². The van der Waals surface area contributed by atoms with Gasteiger partial charge in [-0.3, -0.25) is 9.59 Å². The van der Waals surface area contributed by atoms with E-state index in [0.29, 0.717) is 32.2 Å². The molecule has 3 rings (SSSR count). The van der Waals surface area contributed by atoms with Crippen LogP contribution in [0, 0.1) is 0 Å². The lowest BCUT2D eigenvalue weighted by atomic mass is 9.95. The SMILES string of the molecule is CCCCC[C@H]1C(=O)N2CCC[C@H]2C(=O)N1[C@@H](CCc1ccccc1)C(=O)O. The van der Waals surface area contributed by atoms with Crippen LogP contribution in [0.4, 0.5) is 0 Å². The maximum Gasteiger partial charge on any atom is 0.326 e. The maximum atomic E-state index is 13.2. The van der Waals surface area contributed by atoms with Crippen LogP contribution >= 0.6 is 0 Å². The highest BCUT2D eigenvalue weighted by molar-refractivity contribution is 5.99. The van der Waals surface area contributed by atoms with Gasteiger partial charge in [0, 0.05) is 6.54 Å². The third kappa shape index (κ3) is 4.21. The minimum Gasteiger partial charge on any atom is -0.480 e. The second kappa shape index (κ2) is 9.22. The van der Waals surface area contributed by atoms with Gasteiger partial charge in [0.15, 0.2) is 0 Å². The number of carbonyl (C=O) groups is 3. The first kappa shape index (κ1) is 20.4. The molecular formula is C22H30N2O4. The summed E-state index contributed by atoms with van der Waals surface area (Å²) in [6.07, 6.45) is 5.65. The Morgan fingerprint density at radius 2 is 1.93 bits per heavy atom. The first-order chi connectivity index (χ1) is 13.5. The van der Waals surface area contributed by atoms with Gasteiger partial charge in [0.05, 0.1) is 0 Å². The molecule has 2 aliphatic heterocycles. The molecule has 2 saturated heterocycles. The number of rotatable bonds is 9. The molecule has 0 aliphatic carbocycles. The van der Waals surface area contributed by atoms with E-state index in [1.807, 2.05) is 30.3 Å². The summed E-state index contributed by atoms with van der Waals surface area (Å²) in [6.45, 7) is 2.69. The van der Waals surface area contributed by atoms with Crippen molar-refractivity contribution in [3.05, 3.63) is 35.9 Å². The molecule has 2 fully saturated rings. The molecule has 0 radical (unpaired) electrons. The number of carboxylic acid groups (broad SMARTS) is 1. The monoisotopic (exact) mass is 386 g/mol. The number of benzene rings is 1. The number of hydrogen-bond donors (Lipinski definition) is 1. The van der Waals surface area contributed by atoms with Crippen molar-refractivity contribution in [1.82, 2.24) is 9.80 Å². The van der Waals surface area contributed by atoms with Gasteiger partial charge in [0.2, 0.25) is 11.8 Å². The average molecular weight is 386 g/mol. The topological polar surface area (TPSA) is 77.9 Å². The molecule has 0 saturated carbocycles. The number of aliphatic carboxylic acids is 1. The van der Waals surface area contributed by atoms with Crippen molar-refractivity contribution in [2.75, 3.05) is 6.54 Å². The number of hydrogen-bond acceptors (Lipinski definition) is 3. The third-order valence-electron chi connectivity index (χ3n) is 5.95. The number of aryl methyl sites for hydroxylation is 1. The summed E-state index contributed by atoms with van der Waals surface area (Å²) in [5.74, 6) is -1.27. The normalized spacial score (nSPS) is 23.0. The van der Waals surface area contributed by atoms with E-state index in [1.54, 1.807) is 4.90 Å². The molecule has 0 bridgehead atoms. The van der Waals surface area contributed by atoms with E-state index in [1.165, 1.54) is 4.90 Å². The molecule has 2 aliphatic rings. The van der Waals surface area contributed by atoms with Crippen LogP contribution in [0.15, 0.2) is 30.3 Å². The van der Waals surface area contributed by atoms with Gasteiger partial charge in [-0.1, -0.05) is 56.5 Å². The Bertz CT molecular complexity index is 706. The van der Waals surface area contributed by atoms with Crippen molar-refractivity contribution >= 4 is 17.8 Å². The molecule has 0 aromatic heterocycles. The minimum atomic E-state index is -1.02. The first-order valence-electron chi connectivity index (χ1n) is 10.4. The Morgan fingerprint density at radius 1 is 1.18 bits per heavy atom. The number of nitrogens with zero attached hydrogens (tertiary/aromatic N) is 2. The molecule has 1 N–H and O–H groups in total. The summed E-state index contributed by atoms with van der Waals surface area (Å²) in [5.41, 5.74) is 1.04. The molecule has 3 atom stereocenters. The predicted molar refractivity (Wildman–Crippen MR) is 106 cm³/mol. The molecule has 152 valence electrons. The lowest BCUT2D eigenvalue weighted by molar-refractivity contribution is -0.168. The van der Waals surface area contributed by atoms with Crippen molar-refractivity contribution < 1.29 is 19.5 Å². The zero-order valence-electron chi connectivity index (χ0n) is 16.5. The van der Waals surface area contributed by atoms with E-state index in [-0.39, 0.29) is 11.8 Å². The molecule has 2 heterocycles. The number of fused-ring (bicyclic) bond motifs is 1. The predicted octanol–water partition coefficient (Wildman–Crippen LogP) is 2.85. The molecular weight excluding hydrogens is 356 g/mol. The van der Waals surface area contributed by atoms with E-state index in [9.17, 15) is 19.5 Å². The van der Waals surface area contributed by atoms with E-state index in [2.05, 4.69) is 6.92 Å². The number of amides is 2. The van der Waals surface area contributed by atoms with Crippen molar-refractivity contribution in [1.29, 1.82) is 0 Å². The van der Waals surface area contributed by atoms with Gasteiger partial charge >= 0.3 is 5.97 Å². The van der Waals surface area contributed by atoms with Crippen molar-refractivity contribution in [3.63, 3.8) is 0 Å². The molecule has 1 aromatic rings. The number of unbranched alkanes of at least 4 members (excludes halogenated alkanes) is 2. The Morgan fingerprint density at radius 3 is 2.61 bits per heavy atom. The summed E-state index contributed by atoms with van der Waals surface area (Å²) in [4.78, 5) is 41.6. The number of carbonyl (C=O) groups excluding carboxylic acids is 2. The summed E-state index contributed by atoms with van der Waals surface area (Å²) >= 11 is 0. The lowest BCUT2D eigenvalue weighted by Gasteiger charge is -2.45. The van der Waals surface area contributed by atoms with Gasteiger partial charge in [0.25, 0.3) is 0 Å². The first-order valence-corrected chi connectivity index (χ1v) is 10.4. The van der Waals surface area contributed by atoms with Gasteiger partial charge in [0.1, 0.15) is 18.1 Å².